The van der Waals surface area contributed by atoms with Crippen molar-refractivity contribution in [2.45, 2.75) is 71.1 Å². The van der Waals surface area contributed by atoms with Crippen LogP contribution in [0.25, 0.3) is 0 Å². The van der Waals surface area contributed by atoms with Gasteiger partial charge in [-0.2, -0.15) is 4.98 Å². The molecule has 2 N–H and O–H groups in total. The van der Waals surface area contributed by atoms with Gasteiger partial charge in [-0.05, 0) is 6.42 Å². The summed E-state index contributed by atoms with van der Waals surface area (Å²) in [7, 11) is 0. The average Bonchev–Trinajstić information content (AvgIpc) is 2.85. The van der Waals surface area contributed by atoms with E-state index in [9.17, 15) is 0 Å². The third kappa shape index (κ3) is 5.63. The Labute approximate surface area is 110 Å². The van der Waals surface area contributed by atoms with Crippen LogP contribution in [0.1, 0.15) is 76.4 Å². The predicted octanol–water partition coefficient (Wildman–Crippen LogP) is 3.42. The summed E-state index contributed by atoms with van der Waals surface area (Å²) in [6.07, 6.45) is 10.0. The molecule has 4 heteroatoms. The minimum absolute atomic E-state index is 0.191. The number of aromatic nitrogens is 2. The summed E-state index contributed by atoms with van der Waals surface area (Å²) < 4.78 is 5.22. The molecular weight excluding hydrogens is 226 g/mol. The highest BCUT2D eigenvalue weighted by atomic mass is 16.5. The standard InChI is InChI=1S/C14H27N3O/c1-3-4-5-6-7-8-9-10-13-16-14(17-18-13)12(2)11-15/h12H,3-11,15H2,1-2H3. The summed E-state index contributed by atoms with van der Waals surface area (Å²) in [6.45, 7) is 4.83. The first-order valence-electron chi connectivity index (χ1n) is 7.30. The van der Waals surface area contributed by atoms with Gasteiger partial charge < -0.3 is 10.3 Å². The lowest BCUT2D eigenvalue weighted by molar-refractivity contribution is 0.366. The van der Waals surface area contributed by atoms with Gasteiger partial charge >= 0.3 is 0 Å². The third-order valence-corrected chi connectivity index (χ3v) is 3.27. The summed E-state index contributed by atoms with van der Waals surface area (Å²) in [5, 5.41) is 3.96. The minimum atomic E-state index is 0.191. The Morgan fingerprint density at radius 1 is 1.11 bits per heavy atom. The Morgan fingerprint density at radius 3 is 2.44 bits per heavy atom. The van der Waals surface area contributed by atoms with Crippen molar-refractivity contribution in [3.8, 4) is 0 Å². The zero-order valence-electron chi connectivity index (χ0n) is 11.8. The van der Waals surface area contributed by atoms with Gasteiger partial charge in [-0.25, -0.2) is 0 Å². The van der Waals surface area contributed by atoms with E-state index in [1.807, 2.05) is 6.92 Å². The number of rotatable bonds is 10. The van der Waals surface area contributed by atoms with Gasteiger partial charge in [0, 0.05) is 18.9 Å². The molecule has 1 atom stereocenters. The van der Waals surface area contributed by atoms with Crippen molar-refractivity contribution in [3.63, 3.8) is 0 Å². The molecule has 0 fully saturated rings. The zero-order chi connectivity index (χ0) is 13.2. The molecule has 1 heterocycles. The van der Waals surface area contributed by atoms with E-state index in [1.165, 1.54) is 38.5 Å². The van der Waals surface area contributed by atoms with E-state index < -0.39 is 0 Å². The molecule has 0 aliphatic rings. The molecule has 0 aliphatic carbocycles. The van der Waals surface area contributed by atoms with Crippen LogP contribution in [0.2, 0.25) is 0 Å². The number of hydrogen-bond acceptors (Lipinski definition) is 4. The van der Waals surface area contributed by atoms with Crippen LogP contribution in [-0.2, 0) is 6.42 Å². The zero-order valence-corrected chi connectivity index (χ0v) is 11.8. The van der Waals surface area contributed by atoms with Gasteiger partial charge in [0.2, 0.25) is 5.89 Å². The molecule has 1 rings (SSSR count). The van der Waals surface area contributed by atoms with Crippen LogP contribution in [0.5, 0.6) is 0 Å². The van der Waals surface area contributed by atoms with Crippen LogP contribution in [0.3, 0.4) is 0 Å². The van der Waals surface area contributed by atoms with Crippen LogP contribution in [0.4, 0.5) is 0 Å². The maximum atomic E-state index is 5.57. The Hall–Kier alpha value is -0.900. The molecule has 0 saturated heterocycles. The van der Waals surface area contributed by atoms with Crippen LogP contribution in [0.15, 0.2) is 4.52 Å². The molecular formula is C14H27N3O. The van der Waals surface area contributed by atoms with Crippen LogP contribution in [-0.4, -0.2) is 16.7 Å². The van der Waals surface area contributed by atoms with E-state index in [2.05, 4.69) is 17.1 Å². The Balaban J connectivity index is 2.10. The van der Waals surface area contributed by atoms with Gasteiger partial charge in [-0.3, -0.25) is 0 Å². The molecule has 18 heavy (non-hydrogen) atoms. The van der Waals surface area contributed by atoms with Crippen LogP contribution < -0.4 is 5.73 Å². The average molecular weight is 253 g/mol. The fourth-order valence-corrected chi connectivity index (χ4v) is 1.91. The largest absolute Gasteiger partial charge is 0.339 e. The molecule has 4 nitrogen and oxygen atoms in total. The molecule has 0 radical (unpaired) electrons. The van der Waals surface area contributed by atoms with Gasteiger partial charge in [-0.1, -0.05) is 57.5 Å². The molecule has 1 aromatic rings. The Kier molecular flexibility index (Phi) is 7.65. The molecule has 0 saturated carbocycles. The number of nitrogens with two attached hydrogens (primary N) is 1. The highest BCUT2D eigenvalue weighted by molar-refractivity contribution is 4.94. The molecule has 0 aromatic carbocycles. The van der Waals surface area contributed by atoms with Gasteiger partial charge in [0.1, 0.15) is 0 Å². The maximum Gasteiger partial charge on any atom is 0.226 e. The Bertz CT molecular complexity index is 312. The molecule has 104 valence electrons. The van der Waals surface area contributed by atoms with Crippen LogP contribution >= 0.6 is 0 Å². The van der Waals surface area contributed by atoms with E-state index >= 15 is 0 Å². The van der Waals surface area contributed by atoms with E-state index in [1.54, 1.807) is 0 Å². The van der Waals surface area contributed by atoms with Crippen LogP contribution in [0, 0.1) is 0 Å². The van der Waals surface area contributed by atoms with Crippen molar-refractivity contribution in [3.05, 3.63) is 11.7 Å². The van der Waals surface area contributed by atoms with Crippen molar-refractivity contribution in [1.82, 2.24) is 10.1 Å². The number of aryl methyl sites for hydroxylation is 1. The number of hydrogen-bond donors (Lipinski definition) is 1. The smallest absolute Gasteiger partial charge is 0.226 e. The van der Waals surface area contributed by atoms with E-state index in [0.29, 0.717) is 6.54 Å². The van der Waals surface area contributed by atoms with Gasteiger partial charge in [0.25, 0.3) is 0 Å². The van der Waals surface area contributed by atoms with E-state index in [-0.39, 0.29) is 5.92 Å². The summed E-state index contributed by atoms with van der Waals surface area (Å²) in [5.41, 5.74) is 5.57. The number of nitrogens with zero attached hydrogens (tertiary/aromatic N) is 2. The quantitative estimate of drug-likeness (QED) is 0.649. The second kappa shape index (κ2) is 9.09. The molecule has 0 aliphatic heterocycles. The highest BCUT2D eigenvalue weighted by Crippen LogP contribution is 2.12. The molecule has 0 amide bonds. The Morgan fingerprint density at radius 2 is 1.78 bits per heavy atom. The van der Waals surface area contributed by atoms with E-state index in [4.69, 9.17) is 10.3 Å². The first-order valence-corrected chi connectivity index (χ1v) is 7.30. The second-order valence-corrected chi connectivity index (χ2v) is 5.05. The van der Waals surface area contributed by atoms with Crippen molar-refractivity contribution >= 4 is 0 Å². The predicted molar refractivity (Wildman–Crippen MR) is 73.5 cm³/mol. The van der Waals surface area contributed by atoms with Crippen molar-refractivity contribution in [1.29, 1.82) is 0 Å². The molecule has 1 aromatic heterocycles. The molecule has 0 spiro atoms. The fourth-order valence-electron chi connectivity index (χ4n) is 1.91. The maximum absolute atomic E-state index is 5.57. The van der Waals surface area contributed by atoms with Gasteiger partial charge in [0.15, 0.2) is 5.82 Å². The first-order chi connectivity index (χ1) is 8.77. The SMILES string of the molecule is CCCCCCCCCc1nc(C(C)CN)no1. The normalized spacial score (nSPS) is 12.8. The first kappa shape index (κ1) is 15.2. The third-order valence-electron chi connectivity index (χ3n) is 3.27. The lowest BCUT2D eigenvalue weighted by atomic mass is 10.1. The fraction of sp³-hybridized carbons (Fsp3) is 0.857. The van der Waals surface area contributed by atoms with Crippen molar-refractivity contribution < 1.29 is 4.52 Å². The highest BCUT2D eigenvalue weighted by Gasteiger charge is 2.11. The van der Waals surface area contributed by atoms with Crippen molar-refractivity contribution in [2.75, 3.05) is 6.54 Å². The van der Waals surface area contributed by atoms with Crippen molar-refractivity contribution in [2.24, 2.45) is 5.73 Å². The summed E-state index contributed by atoms with van der Waals surface area (Å²) in [6, 6.07) is 0. The second-order valence-electron chi connectivity index (χ2n) is 5.05. The summed E-state index contributed by atoms with van der Waals surface area (Å²) in [5.74, 6) is 1.70. The van der Waals surface area contributed by atoms with E-state index in [0.717, 1.165) is 24.6 Å². The molecule has 1 unspecified atom stereocenters. The lowest BCUT2D eigenvalue weighted by Gasteiger charge is -1.99. The lowest BCUT2D eigenvalue weighted by Crippen LogP contribution is -2.10. The minimum Gasteiger partial charge on any atom is -0.339 e. The van der Waals surface area contributed by atoms with Gasteiger partial charge in [-0.15, -0.1) is 0 Å². The monoisotopic (exact) mass is 253 g/mol. The number of unbranched alkanes of at least 4 members (excludes halogenated alkanes) is 6. The van der Waals surface area contributed by atoms with Gasteiger partial charge in [0.05, 0.1) is 0 Å². The summed E-state index contributed by atoms with van der Waals surface area (Å²) >= 11 is 0. The topological polar surface area (TPSA) is 64.9 Å². The molecule has 0 bridgehead atoms. The summed E-state index contributed by atoms with van der Waals surface area (Å²) in [4.78, 5) is 4.37.